The monoisotopic (exact) mass is 228 g/mol. The van der Waals surface area contributed by atoms with Gasteiger partial charge in [0.05, 0.1) is 0 Å². The predicted molar refractivity (Wildman–Crippen MR) is 62.8 cm³/mol. The van der Waals surface area contributed by atoms with Crippen molar-refractivity contribution in [3.8, 4) is 11.5 Å². The van der Waals surface area contributed by atoms with Crippen LogP contribution in [0, 0.1) is 0 Å². The topological polar surface area (TPSA) is 40.5 Å². The van der Waals surface area contributed by atoms with Gasteiger partial charge in [0.15, 0.2) is 11.5 Å². The number of unbranched alkanes of at least 4 members (excludes halogenated alkanes) is 1. The second kappa shape index (κ2) is 5.86. The number of aryl methyl sites for hydroxylation is 1. The molecule has 0 fully saturated rings. The lowest BCUT2D eigenvalue weighted by molar-refractivity contribution is 0.399. The molecule has 1 aromatic rings. The van der Waals surface area contributed by atoms with E-state index in [2.05, 4.69) is 6.92 Å². The number of alkyl halides is 1. The molecule has 0 aliphatic carbocycles. The van der Waals surface area contributed by atoms with E-state index in [1.807, 2.05) is 6.07 Å². The van der Waals surface area contributed by atoms with Crippen molar-refractivity contribution in [2.75, 3.05) is 5.88 Å². The van der Waals surface area contributed by atoms with Crippen LogP contribution in [0.5, 0.6) is 11.5 Å². The zero-order valence-electron chi connectivity index (χ0n) is 8.96. The molecule has 2 N–H and O–H groups in total. The van der Waals surface area contributed by atoms with Crippen LogP contribution in [0.4, 0.5) is 0 Å². The van der Waals surface area contributed by atoms with Crippen molar-refractivity contribution in [1.29, 1.82) is 0 Å². The van der Waals surface area contributed by atoms with E-state index in [1.54, 1.807) is 0 Å². The number of benzene rings is 1. The maximum atomic E-state index is 9.70. The van der Waals surface area contributed by atoms with E-state index < -0.39 is 0 Å². The smallest absolute Gasteiger partial charge is 0.160 e. The van der Waals surface area contributed by atoms with Crippen LogP contribution >= 0.6 is 11.6 Å². The molecule has 0 heterocycles. The summed E-state index contributed by atoms with van der Waals surface area (Å²) in [4.78, 5) is 0. The number of aromatic hydroxyl groups is 2. The molecule has 3 heteroatoms. The quantitative estimate of drug-likeness (QED) is 0.600. The third kappa shape index (κ3) is 3.03. The van der Waals surface area contributed by atoms with Crippen LogP contribution in [0.1, 0.15) is 30.9 Å². The van der Waals surface area contributed by atoms with Crippen LogP contribution < -0.4 is 0 Å². The highest BCUT2D eigenvalue weighted by molar-refractivity contribution is 6.18. The summed E-state index contributed by atoms with van der Waals surface area (Å²) in [7, 11) is 0. The largest absolute Gasteiger partial charge is 0.504 e. The Morgan fingerprint density at radius 3 is 2.53 bits per heavy atom. The van der Waals surface area contributed by atoms with Crippen molar-refractivity contribution in [3.63, 3.8) is 0 Å². The number of phenols is 2. The van der Waals surface area contributed by atoms with Gasteiger partial charge < -0.3 is 10.2 Å². The van der Waals surface area contributed by atoms with Gasteiger partial charge in [-0.1, -0.05) is 19.4 Å². The Bertz CT molecular complexity index is 324. The third-order valence-electron chi connectivity index (χ3n) is 2.50. The van der Waals surface area contributed by atoms with Crippen molar-refractivity contribution in [2.24, 2.45) is 0 Å². The molecule has 84 valence electrons. The van der Waals surface area contributed by atoms with Gasteiger partial charge in [-0.2, -0.15) is 0 Å². The van der Waals surface area contributed by atoms with Crippen LogP contribution in [0.3, 0.4) is 0 Å². The standard InChI is InChI=1S/C12H17ClO2/c1-2-3-4-9-5-6-11(14)12(15)10(9)7-8-13/h5-6,14-15H,2-4,7-8H2,1H3. The van der Waals surface area contributed by atoms with Crippen molar-refractivity contribution < 1.29 is 10.2 Å². The van der Waals surface area contributed by atoms with Gasteiger partial charge in [0.2, 0.25) is 0 Å². The SMILES string of the molecule is CCCCc1ccc(O)c(O)c1CCCl. The molecule has 0 aromatic heterocycles. The normalized spacial score (nSPS) is 10.5. The first-order valence-corrected chi connectivity index (χ1v) is 5.82. The van der Waals surface area contributed by atoms with E-state index in [0.29, 0.717) is 12.3 Å². The second-order valence-electron chi connectivity index (χ2n) is 3.61. The Morgan fingerprint density at radius 1 is 1.20 bits per heavy atom. The minimum atomic E-state index is -0.0598. The zero-order valence-corrected chi connectivity index (χ0v) is 9.72. The molecule has 1 aromatic carbocycles. The highest BCUT2D eigenvalue weighted by Gasteiger charge is 2.11. The van der Waals surface area contributed by atoms with Gasteiger partial charge in [-0.05, 0) is 30.9 Å². The zero-order chi connectivity index (χ0) is 11.3. The predicted octanol–water partition coefficient (Wildman–Crippen LogP) is 3.22. The molecule has 0 aliphatic heterocycles. The Morgan fingerprint density at radius 2 is 1.93 bits per heavy atom. The molecule has 2 nitrogen and oxygen atoms in total. The van der Waals surface area contributed by atoms with Gasteiger partial charge in [0.25, 0.3) is 0 Å². The van der Waals surface area contributed by atoms with E-state index in [-0.39, 0.29) is 11.5 Å². The number of hydrogen-bond donors (Lipinski definition) is 2. The lowest BCUT2D eigenvalue weighted by Crippen LogP contribution is -1.96. The van der Waals surface area contributed by atoms with E-state index in [9.17, 15) is 10.2 Å². The number of halogens is 1. The summed E-state index contributed by atoms with van der Waals surface area (Å²) in [6, 6.07) is 3.41. The summed E-state index contributed by atoms with van der Waals surface area (Å²) in [5.74, 6) is 0.385. The Hall–Kier alpha value is -0.890. The summed E-state index contributed by atoms with van der Waals surface area (Å²) in [5.41, 5.74) is 1.88. The molecule has 0 bridgehead atoms. The highest BCUT2D eigenvalue weighted by Crippen LogP contribution is 2.32. The summed E-state index contributed by atoms with van der Waals surface area (Å²) in [6.45, 7) is 2.13. The fraction of sp³-hybridized carbons (Fsp3) is 0.500. The third-order valence-corrected chi connectivity index (χ3v) is 2.69. The van der Waals surface area contributed by atoms with Crippen LogP contribution in [-0.4, -0.2) is 16.1 Å². The molecular formula is C12H17ClO2. The lowest BCUT2D eigenvalue weighted by Gasteiger charge is -2.11. The van der Waals surface area contributed by atoms with Gasteiger partial charge in [0.1, 0.15) is 0 Å². The van der Waals surface area contributed by atoms with Gasteiger partial charge in [0, 0.05) is 11.4 Å². The minimum absolute atomic E-state index is 0.00995. The Labute approximate surface area is 95.5 Å². The van der Waals surface area contributed by atoms with Crippen LogP contribution in [0.15, 0.2) is 12.1 Å². The van der Waals surface area contributed by atoms with E-state index in [4.69, 9.17) is 11.6 Å². The second-order valence-corrected chi connectivity index (χ2v) is 3.99. The maximum Gasteiger partial charge on any atom is 0.160 e. The molecule has 0 aliphatic rings. The fourth-order valence-corrected chi connectivity index (χ4v) is 1.83. The molecule has 1 rings (SSSR count). The number of hydrogen-bond acceptors (Lipinski definition) is 2. The molecule has 0 atom stereocenters. The highest BCUT2D eigenvalue weighted by atomic mass is 35.5. The van der Waals surface area contributed by atoms with E-state index >= 15 is 0 Å². The first-order valence-electron chi connectivity index (χ1n) is 5.29. The fourth-order valence-electron chi connectivity index (χ4n) is 1.64. The van der Waals surface area contributed by atoms with Crippen LogP contribution in [0.2, 0.25) is 0 Å². The van der Waals surface area contributed by atoms with Gasteiger partial charge in [-0.25, -0.2) is 0 Å². The van der Waals surface area contributed by atoms with Crippen molar-refractivity contribution in [2.45, 2.75) is 32.6 Å². The van der Waals surface area contributed by atoms with Gasteiger partial charge in [-0.15, -0.1) is 11.6 Å². The molecule has 0 saturated heterocycles. The van der Waals surface area contributed by atoms with Crippen molar-refractivity contribution in [1.82, 2.24) is 0 Å². The molecule has 0 unspecified atom stereocenters. The molecule has 0 radical (unpaired) electrons. The molecule has 0 saturated carbocycles. The van der Waals surface area contributed by atoms with Crippen molar-refractivity contribution in [3.05, 3.63) is 23.3 Å². The molecule has 15 heavy (non-hydrogen) atoms. The average molecular weight is 229 g/mol. The molecular weight excluding hydrogens is 212 g/mol. The van der Waals surface area contributed by atoms with Crippen LogP contribution in [0.25, 0.3) is 0 Å². The first-order chi connectivity index (χ1) is 7.20. The van der Waals surface area contributed by atoms with Gasteiger partial charge >= 0.3 is 0 Å². The van der Waals surface area contributed by atoms with E-state index in [1.165, 1.54) is 6.07 Å². The molecule has 0 spiro atoms. The summed E-state index contributed by atoms with van der Waals surface area (Å²) in [5, 5.41) is 19.1. The Kier molecular flexibility index (Phi) is 4.76. The average Bonchev–Trinajstić information content (AvgIpc) is 2.24. The number of rotatable bonds is 5. The number of phenolic OH excluding ortho intramolecular Hbond substituents is 2. The van der Waals surface area contributed by atoms with E-state index in [0.717, 1.165) is 30.4 Å². The van der Waals surface area contributed by atoms with Gasteiger partial charge in [-0.3, -0.25) is 0 Å². The first kappa shape index (κ1) is 12.2. The minimum Gasteiger partial charge on any atom is -0.504 e. The summed E-state index contributed by atoms with van der Waals surface area (Å²) in [6.07, 6.45) is 3.72. The lowest BCUT2D eigenvalue weighted by atomic mass is 9.99. The maximum absolute atomic E-state index is 9.70. The summed E-state index contributed by atoms with van der Waals surface area (Å²) < 4.78 is 0. The van der Waals surface area contributed by atoms with Crippen molar-refractivity contribution >= 4 is 11.6 Å². The Balaban J connectivity index is 2.97. The molecule has 0 amide bonds. The summed E-state index contributed by atoms with van der Waals surface area (Å²) >= 11 is 5.67. The van der Waals surface area contributed by atoms with Crippen LogP contribution in [-0.2, 0) is 12.8 Å².